The number of carbonyl (C=O) groups is 1. The molecule has 2 saturated heterocycles. The molecular weight excluding hydrogens is 584 g/mol. The molecule has 0 radical (unpaired) electrons. The molecular formula is C36H38N4O6. The summed E-state index contributed by atoms with van der Waals surface area (Å²) in [7, 11) is 1.60. The Morgan fingerprint density at radius 1 is 1.11 bits per heavy atom. The molecule has 0 aliphatic carbocycles. The van der Waals surface area contributed by atoms with Gasteiger partial charge in [-0.3, -0.25) is 4.90 Å². The van der Waals surface area contributed by atoms with E-state index in [9.17, 15) is 4.79 Å². The Morgan fingerprint density at radius 2 is 1.91 bits per heavy atom. The monoisotopic (exact) mass is 622 g/mol. The number of fused-ring (bicyclic) bond motifs is 2. The van der Waals surface area contributed by atoms with Crippen molar-refractivity contribution in [1.82, 2.24) is 14.5 Å². The van der Waals surface area contributed by atoms with E-state index >= 15 is 0 Å². The zero-order chi connectivity index (χ0) is 31.6. The van der Waals surface area contributed by atoms with Crippen LogP contribution in [0.3, 0.4) is 0 Å². The lowest BCUT2D eigenvalue weighted by Gasteiger charge is -2.35. The van der Waals surface area contributed by atoms with E-state index in [2.05, 4.69) is 21.6 Å². The largest absolute Gasteiger partial charge is 0.494 e. The molecule has 1 aromatic heterocycles. The molecule has 3 aromatic carbocycles. The summed E-state index contributed by atoms with van der Waals surface area (Å²) in [6, 6.07) is 19.4. The summed E-state index contributed by atoms with van der Waals surface area (Å²) in [6.45, 7) is 6.49. The highest BCUT2D eigenvalue weighted by Gasteiger charge is 2.31. The van der Waals surface area contributed by atoms with Gasteiger partial charge in [-0.2, -0.15) is 5.26 Å². The third-order valence-corrected chi connectivity index (χ3v) is 9.27. The van der Waals surface area contributed by atoms with Crippen LogP contribution < -0.4 is 14.2 Å². The average Bonchev–Trinajstić information content (AvgIpc) is 3.42. The number of rotatable bonds is 9. The topological polar surface area (TPSA) is 108 Å². The van der Waals surface area contributed by atoms with Gasteiger partial charge in [0, 0.05) is 12.2 Å². The SMILES string of the molecule is CCOC(=O)c1cc(OC)c2nc(CN3CCC(c4cccc5c4OC[C@@H](c4ccc(C#N)cc4)O5)CC3)n(C[C@@H]3CCO3)c2c1. The molecule has 238 valence electrons. The van der Waals surface area contributed by atoms with Gasteiger partial charge in [0.2, 0.25) is 0 Å². The van der Waals surface area contributed by atoms with Crippen molar-refractivity contribution in [1.29, 1.82) is 5.26 Å². The molecule has 3 aliphatic heterocycles. The Hall–Kier alpha value is -4.59. The highest BCUT2D eigenvalue weighted by Crippen LogP contribution is 2.44. The predicted molar refractivity (Wildman–Crippen MR) is 170 cm³/mol. The number of imidazole rings is 1. The Kier molecular flexibility index (Phi) is 8.52. The molecule has 10 heteroatoms. The summed E-state index contributed by atoms with van der Waals surface area (Å²) >= 11 is 0. The van der Waals surface area contributed by atoms with Crippen molar-refractivity contribution < 1.29 is 28.5 Å². The van der Waals surface area contributed by atoms with Crippen LogP contribution in [0.5, 0.6) is 17.2 Å². The first kappa shape index (κ1) is 30.1. The Labute approximate surface area is 268 Å². The van der Waals surface area contributed by atoms with Crippen LogP contribution in [-0.4, -0.2) is 66.5 Å². The van der Waals surface area contributed by atoms with Crippen molar-refractivity contribution in [3.8, 4) is 23.3 Å². The highest BCUT2D eigenvalue weighted by molar-refractivity contribution is 5.96. The van der Waals surface area contributed by atoms with Gasteiger partial charge in [-0.15, -0.1) is 0 Å². The van der Waals surface area contributed by atoms with Crippen molar-refractivity contribution in [2.45, 2.75) is 57.4 Å². The van der Waals surface area contributed by atoms with Gasteiger partial charge in [0.15, 0.2) is 17.6 Å². The third kappa shape index (κ3) is 5.88. The van der Waals surface area contributed by atoms with Crippen molar-refractivity contribution in [3.63, 3.8) is 0 Å². The van der Waals surface area contributed by atoms with Gasteiger partial charge in [-0.25, -0.2) is 9.78 Å². The second kappa shape index (κ2) is 13.0. The first-order valence-corrected chi connectivity index (χ1v) is 16.0. The number of carbonyl (C=O) groups excluding carboxylic acids is 1. The Bertz CT molecular complexity index is 1770. The highest BCUT2D eigenvalue weighted by atomic mass is 16.6. The standard InChI is InChI=1S/C36H38N4O6/c1-3-43-36(41)26-17-29-34(31(18-26)42-2)38-33(40(29)20-27-13-16-44-27)21-39-14-11-24(12-15-39)28-5-4-6-30-35(28)45-22-32(46-30)25-9-7-23(19-37)8-10-25/h4-10,17-18,24,27,32H,3,11-16,20-22H2,1-2H3/t27-,32-/m0/s1. The summed E-state index contributed by atoms with van der Waals surface area (Å²) in [5.74, 6) is 3.09. The maximum atomic E-state index is 12.7. The van der Waals surface area contributed by atoms with Crippen molar-refractivity contribution in [2.24, 2.45) is 0 Å². The van der Waals surface area contributed by atoms with Crippen LogP contribution in [0.25, 0.3) is 11.0 Å². The molecule has 0 N–H and O–H groups in total. The maximum absolute atomic E-state index is 12.7. The molecule has 0 unspecified atom stereocenters. The molecule has 4 heterocycles. The lowest BCUT2D eigenvalue weighted by Crippen LogP contribution is -2.35. The summed E-state index contributed by atoms with van der Waals surface area (Å²) in [6.07, 6.45) is 2.89. The molecule has 7 rings (SSSR count). The minimum absolute atomic E-state index is 0.127. The van der Waals surface area contributed by atoms with E-state index in [4.69, 9.17) is 33.9 Å². The van der Waals surface area contributed by atoms with Gasteiger partial charge >= 0.3 is 5.97 Å². The van der Waals surface area contributed by atoms with Crippen molar-refractivity contribution in [3.05, 3.63) is 82.7 Å². The molecule has 10 nitrogen and oxygen atoms in total. The number of methoxy groups -OCH3 is 1. The van der Waals surface area contributed by atoms with Crippen LogP contribution in [0.4, 0.5) is 0 Å². The number of hydrogen-bond donors (Lipinski definition) is 0. The summed E-state index contributed by atoms with van der Waals surface area (Å²) in [5.41, 5.74) is 4.87. The van der Waals surface area contributed by atoms with Gasteiger partial charge in [-0.05, 0) is 81.1 Å². The Balaban J connectivity index is 1.07. The molecule has 0 bridgehead atoms. The number of ether oxygens (including phenoxy) is 5. The summed E-state index contributed by atoms with van der Waals surface area (Å²) < 4.78 is 31.7. The van der Waals surface area contributed by atoms with Gasteiger partial charge < -0.3 is 28.3 Å². The van der Waals surface area contributed by atoms with E-state index in [1.807, 2.05) is 42.5 Å². The summed E-state index contributed by atoms with van der Waals surface area (Å²) in [5, 5.41) is 9.12. The van der Waals surface area contributed by atoms with E-state index in [1.165, 1.54) is 5.56 Å². The minimum atomic E-state index is -0.374. The normalized spacial score (nSPS) is 19.8. The van der Waals surface area contributed by atoms with Crippen LogP contribution in [0.15, 0.2) is 54.6 Å². The summed E-state index contributed by atoms with van der Waals surface area (Å²) in [4.78, 5) is 20.1. The second-order valence-corrected chi connectivity index (χ2v) is 12.1. The molecule has 46 heavy (non-hydrogen) atoms. The minimum Gasteiger partial charge on any atom is -0.494 e. The second-order valence-electron chi connectivity index (χ2n) is 12.1. The van der Waals surface area contributed by atoms with Crippen LogP contribution in [0.2, 0.25) is 0 Å². The first-order chi connectivity index (χ1) is 22.5. The van der Waals surface area contributed by atoms with E-state index in [-0.39, 0.29) is 18.2 Å². The predicted octanol–water partition coefficient (Wildman–Crippen LogP) is 5.77. The zero-order valence-corrected chi connectivity index (χ0v) is 26.2. The third-order valence-electron chi connectivity index (χ3n) is 9.27. The number of benzene rings is 3. The lowest BCUT2D eigenvalue weighted by atomic mass is 9.88. The van der Waals surface area contributed by atoms with Crippen LogP contribution in [0, 0.1) is 11.3 Å². The number of nitrogens with zero attached hydrogens (tertiary/aromatic N) is 4. The number of esters is 1. The number of piperidine rings is 1. The smallest absolute Gasteiger partial charge is 0.338 e. The van der Waals surface area contributed by atoms with Crippen molar-refractivity contribution in [2.75, 3.05) is 40.0 Å². The molecule has 0 spiro atoms. The number of hydrogen-bond acceptors (Lipinski definition) is 9. The van der Waals surface area contributed by atoms with Crippen LogP contribution >= 0.6 is 0 Å². The lowest BCUT2D eigenvalue weighted by molar-refractivity contribution is -0.0592. The Morgan fingerprint density at radius 3 is 2.61 bits per heavy atom. The molecule has 2 fully saturated rings. The van der Waals surface area contributed by atoms with Gasteiger partial charge in [-0.1, -0.05) is 24.3 Å². The first-order valence-electron chi connectivity index (χ1n) is 16.0. The van der Waals surface area contributed by atoms with E-state index < -0.39 is 0 Å². The zero-order valence-electron chi connectivity index (χ0n) is 26.2. The molecule has 3 aliphatic rings. The van der Waals surface area contributed by atoms with Crippen LogP contribution in [-0.2, 0) is 22.6 Å². The fourth-order valence-corrected chi connectivity index (χ4v) is 6.67. The fraction of sp³-hybridized carbons (Fsp3) is 0.417. The maximum Gasteiger partial charge on any atom is 0.338 e. The molecule has 0 saturated carbocycles. The van der Waals surface area contributed by atoms with E-state index in [1.54, 1.807) is 20.1 Å². The van der Waals surface area contributed by atoms with Gasteiger partial charge in [0.05, 0.1) is 55.6 Å². The van der Waals surface area contributed by atoms with Crippen LogP contribution in [0.1, 0.15) is 71.1 Å². The number of likely N-dealkylation sites (tertiary alicyclic amines) is 1. The number of para-hydroxylation sites is 1. The van der Waals surface area contributed by atoms with Gasteiger partial charge in [0.1, 0.15) is 23.7 Å². The van der Waals surface area contributed by atoms with Gasteiger partial charge in [0.25, 0.3) is 0 Å². The number of aromatic nitrogens is 2. The van der Waals surface area contributed by atoms with E-state index in [0.717, 1.165) is 72.9 Å². The average molecular weight is 623 g/mol. The fourth-order valence-electron chi connectivity index (χ4n) is 6.67. The van der Waals surface area contributed by atoms with E-state index in [0.29, 0.717) is 49.1 Å². The molecule has 0 amide bonds. The number of nitriles is 1. The molecule has 4 aromatic rings. The quantitative estimate of drug-likeness (QED) is 0.215. The van der Waals surface area contributed by atoms with Crippen molar-refractivity contribution >= 4 is 17.0 Å². The molecule has 2 atom stereocenters.